The van der Waals surface area contributed by atoms with Gasteiger partial charge in [-0.2, -0.15) is 0 Å². The number of rotatable bonds is 6. The van der Waals surface area contributed by atoms with Crippen LogP contribution in [0.15, 0.2) is 61.7 Å². The molecule has 0 radical (unpaired) electrons. The average Bonchev–Trinajstić information content (AvgIpc) is 2.49. The van der Waals surface area contributed by atoms with E-state index in [-0.39, 0.29) is 24.3 Å². The van der Waals surface area contributed by atoms with Crippen LogP contribution in [0.3, 0.4) is 0 Å². The fourth-order valence-corrected chi connectivity index (χ4v) is 1.26. The first-order valence-corrected chi connectivity index (χ1v) is 6.71. The highest BCUT2D eigenvalue weighted by Crippen LogP contribution is 2.12. The molecule has 22 heavy (non-hydrogen) atoms. The summed E-state index contributed by atoms with van der Waals surface area (Å²) in [5.74, 6) is -1.16. The Morgan fingerprint density at radius 1 is 0.955 bits per heavy atom. The second kappa shape index (κ2) is 11.1. The van der Waals surface area contributed by atoms with Gasteiger partial charge in [-0.3, -0.25) is 0 Å². The topological polar surface area (TPSA) is 52.6 Å². The Morgan fingerprint density at radius 2 is 1.27 bits per heavy atom. The lowest BCUT2D eigenvalue weighted by atomic mass is 10.1. The van der Waals surface area contributed by atoms with E-state index >= 15 is 0 Å². The van der Waals surface area contributed by atoms with Crippen LogP contribution in [0.4, 0.5) is 0 Å². The van der Waals surface area contributed by atoms with Crippen LogP contribution in [0, 0.1) is 0 Å². The molecule has 0 aliphatic heterocycles. The third-order valence-corrected chi connectivity index (χ3v) is 2.03. The fraction of sp³-hybridized carbons (Fsp3) is 0.222. The summed E-state index contributed by atoms with van der Waals surface area (Å²) in [7, 11) is 0. The number of hydrogen-bond acceptors (Lipinski definition) is 4. The maximum atomic E-state index is 11.7. The van der Waals surface area contributed by atoms with Crippen molar-refractivity contribution < 1.29 is 19.1 Å². The molecule has 0 N–H and O–H groups in total. The van der Waals surface area contributed by atoms with Gasteiger partial charge < -0.3 is 9.47 Å². The van der Waals surface area contributed by atoms with Crippen molar-refractivity contribution in [3.05, 3.63) is 72.9 Å². The predicted molar refractivity (Wildman–Crippen MR) is 87.9 cm³/mol. The van der Waals surface area contributed by atoms with E-state index in [4.69, 9.17) is 9.47 Å². The SMILES string of the molecule is C=C(C)C.C=CCOC(=O)c1ccccc1C(=O)OCC=C. The van der Waals surface area contributed by atoms with Gasteiger partial charge in [-0.05, 0) is 26.0 Å². The highest BCUT2D eigenvalue weighted by atomic mass is 16.5. The van der Waals surface area contributed by atoms with E-state index in [9.17, 15) is 9.59 Å². The molecule has 0 bridgehead atoms. The Hall–Kier alpha value is -2.62. The van der Waals surface area contributed by atoms with Gasteiger partial charge in [0.1, 0.15) is 13.2 Å². The highest BCUT2D eigenvalue weighted by Gasteiger charge is 2.18. The molecule has 0 fully saturated rings. The minimum Gasteiger partial charge on any atom is -0.458 e. The summed E-state index contributed by atoms with van der Waals surface area (Å²) in [6.07, 6.45) is 2.91. The first-order chi connectivity index (χ1) is 10.4. The summed E-state index contributed by atoms with van der Waals surface area (Å²) < 4.78 is 9.78. The Bertz CT molecular complexity index is 497. The van der Waals surface area contributed by atoms with E-state index in [0.29, 0.717) is 0 Å². The molecule has 0 saturated carbocycles. The van der Waals surface area contributed by atoms with Crippen LogP contribution in [0.1, 0.15) is 34.6 Å². The van der Waals surface area contributed by atoms with Crippen molar-refractivity contribution in [2.24, 2.45) is 0 Å². The molecule has 4 nitrogen and oxygen atoms in total. The monoisotopic (exact) mass is 302 g/mol. The molecule has 0 amide bonds. The van der Waals surface area contributed by atoms with Gasteiger partial charge in [0.2, 0.25) is 0 Å². The van der Waals surface area contributed by atoms with Gasteiger partial charge in [0, 0.05) is 0 Å². The second-order valence-corrected chi connectivity index (χ2v) is 4.53. The molecule has 4 heteroatoms. The Morgan fingerprint density at radius 3 is 1.55 bits per heavy atom. The molecule has 0 spiro atoms. The number of hydrogen-bond donors (Lipinski definition) is 0. The van der Waals surface area contributed by atoms with Crippen molar-refractivity contribution in [1.29, 1.82) is 0 Å². The van der Waals surface area contributed by atoms with Crippen LogP contribution < -0.4 is 0 Å². The Kier molecular flexibility index (Phi) is 9.76. The van der Waals surface area contributed by atoms with Crippen LogP contribution >= 0.6 is 0 Å². The molecule has 0 atom stereocenters. The van der Waals surface area contributed by atoms with Gasteiger partial charge in [-0.25, -0.2) is 9.59 Å². The molecule has 0 heterocycles. The van der Waals surface area contributed by atoms with Crippen molar-refractivity contribution in [1.82, 2.24) is 0 Å². The maximum absolute atomic E-state index is 11.7. The summed E-state index contributed by atoms with van der Waals surface area (Å²) in [6, 6.07) is 6.31. The fourth-order valence-electron chi connectivity index (χ4n) is 1.26. The zero-order chi connectivity index (χ0) is 17.0. The van der Waals surface area contributed by atoms with Gasteiger partial charge in [-0.1, -0.05) is 43.0 Å². The van der Waals surface area contributed by atoms with E-state index in [1.807, 2.05) is 13.8 Å². The van der Waals surface area contributed by atoms with E-state index in [2.05, 4.69) is 19.7 Å². The van der Waals surface area contributed by atoms with Crippen molar-refractivity contribution >= 4 is 11.9 Å². The van der Waals surface area contributed by atoms with Crippen molar-refractivity contribution in [2.75, 3.05) is 13.2 Å². The minimum atomic E-state index is -0.582. The number of benzene rings is 1. The molecule has 1 rings (SSSR count). The maximum Gasteiger partial charge on any atom is 0.339 e. The van der Waals surface area contributed by atoms with Crippen LogP contribution in [-0.2, 0) is 9.47 Å². The largest absolute Gasteiger partial charge is 0.458 e. The number of carbonyl (C=O) groups excluding carboxylic acids is 2. The summed E-state index contributed by atoms with van der Waals surface area (Å²) in [5.41, 5.74) is 1.52. The molecule has 0 aliphatic carbocycles. The van der Waals surface area contributed by atoms with Crippen molar-refractivity contribution in [2.45, 2.75) is 13.8 Å². The van der Waals surface area contributed by atoms with Crippen LogP contribution in [-0.4, -0.2) is 25.2 Å². The van der Waals surface area contributed by atoms with Gasteiger partial charge in [0.25, 0.3) is 0 Å². The number of esters is 2. The summed E-state index contributed by atoms with van der Waals surface area (Å²) in [4.78, 5) is 23.4. The zero-order valence-corrected chi connectivity index (χ0v) is 13.1. The van der Waals surface area contributed by atoms with Gasteiger partial charge in [0.15, 0.2) is 0 Å². The molecule has 0 aliphatic rings. The zero-order valence-electron chi connectivity index (χ0n) is 13.1. The van der Waals surface area contributed by atoms with Crippen molar-refractivity contribution in [3.63, 3.8) is 0 Å². The number of allylic oxidation sites excluding steroid dienone is 1. The average molecular weight is 302 g/mol. The lowest BCUT2D eigenvalue weighted by Gasteiger charge is -2.07. The molecule has 118 valence electrons. The molecular weight excluding hydrogens is 280 g/mol. The van der Waals surface area contributed by atoms with Gasteiger partial charge in [0.05, 0.1) is 11.1 Å². The van der Waals surface area contributed by atoms with Crippen LogP contribution in [0.25, 0.3) is 0 Å². The summed E-state index contributed by atoms with van der Waals surface area (Å²) in [6.45, 7) is 14.6. The highest BCUT2D eigenvalue weighted by molar-refractivity contribution is 6.03. The standard InChI is InChI=1S/C14H14O4.C4H8/c1-3-9-17-13(15)11-7-5-6-8-12(11)14(16)18-10-4-2;1-4(2)3/h3-8H,1-2,9-10H2;1H2,2-3H3. The normalized spacial score (nSPS) is 8.82. The second-order valence-electron chi connectivity index (χ2n) is 4.53. The number of ether oxygens (including phenoxy) is 2. The van der Waals surface area contributed by atoms with Crippen LogP contribution in [0.5, 0.6) is 0 Å². The smallest absolute Gasteiger partial charge is 0.339 e. The van der Waals surface area contributed by atoms with Crippen molar-refractivity contribution in [3.8, 4) is 0 Å². The molecule has 1 aromatic rings. The first-order valence-electron chi connectivity index (χ1n) is 6.71. The third kappa shape index (κ3) is 7.85. The summed E-state index contributed by atoms with van der Waals surface area (Å²) in [5, 5.41) is 0. The van der Waals surface area contributed by atoms with Gasteiger partial charge >= 0.3 is 11.9 Å². The third-order valence-electron chi connectivity index (χ3n) is 2.03. The lowest BCUT2D eigenvalue weighted by Crippen LogP contribution is -2.14. The van der Waals surface area contributed by atoms with Crippen LogP contribution in [0.2, 0.25) is 0 Å². The molecule has 0 saturated heterocycles. The lowest BCUT2D eigenvalue weighted by molar-refractivity contribution is 0.0503. The molecule has 0 unspecified atom stereocenters. The molecule has 1 aromatic carbocycles. The first kappa shape index (κ1) is 19.4. The Balaban J connectivity index is 0.000000980. The number of carbonyl (C=O) groups is 2. The molecule has 0 aromatic heterocycles. The van der Waals surface area contributed by atoms with E-state index in [0.717, 1.165) is 0 Å². The van der Waals surface area contributed by atoms with Gasteiger partial charge in [-0.15, -0.1) is 6.58 Å². The predicted octanol–water partition coefficient (Wildman–Crippen LogP) is 3.95. The van der Waals surface area contributed by atoms with E-state index < -0.39 is 11.9 Å². The summed E-state index contributed by atoms with van der Waals surface area (Å²) >= 11 is 0. The van der Waals surface area contributed by atoms with E-state index in [1.54, 1.807) is 12.1 Å². The minimum absolute atomic E-state index is 0.0921. The quantitative estimate of drug-likeness (QED) is 0.589. The Labute approximate surface area is 131 Å². The van der Waals surface area contributed by atoms with E-state index in [1.165, 1.54) is 29.9 Å². The molecular formula is C18H22O4.